The summed E-state index contributed by atoms with van der Waals surface area (Å²) in [5.41, 5.74) is 0.578. The van der Waals surface area contributed by atoms with Crippen molar-refractivity contribution in [3.05, 3.63) is 29.8 Å². The van der Waals surface area contributed by atoms with E-state index in [4.69, 9.17) is 4.74 Å². The summed E-state index contributed by atoms with van der Waals surface area (Å²) in [6.07, 6.45) is 0.173. The van der Waals surface area contributed by atoms with Gasteiger partial charge in [-0.1, -0.05) is 6.07 Å². The van der Waals surface area contributed by atoms with Crippen molar-refractivity contribution >= 4 is 17.7 Å². The number of hydrogen-bond donors (Lipinski definition) is 1. The number of ether oxygens (including phenoxy) is 1. The lowest BCUT2D eigenvalue weighted by Gasteiger charge is -2.37. The molecular formula is C19H26N4O4. The fraction of sp³-hybridized carbons (Fsp3) is 0.526. The molecule has 27 heavy (non-hydrogen) atoms. The Morgan fingerprint density at radius 2 is 1.85 bits per heavy atom. The van der Waals surface area contributed by atoms with Gasteiger partial charge in [0.25, 0.3) is 5.91 Å². The molecule has 2 aliphatic rings. The first-order valence-electron chi connectivity index (χ1n) is 9.18. The summed E-state index contributed by atoms with van der Waals surface area (Å²) in [6.45, 7) is 3.28. The van der Waals surface area contributed by atoms with Crippen molar-refractivity contribution in [2.24, 2.45) is 0 Å². The first-order chi connectivity index (χ1) is 13.0. The predicted octanol–water partition coefficient (Wildman–Crippen LogP) is -0.200. The molecule has 2 heterocycles. The molecule has 0 aliphatic carbocycles. The van der Waals surface area contributed by atoms with E-state index >= 15 is 0 Å². The molecule has 1 N–H and O–H groups in total. The van der Waals surface area contributed by atoms with Crippen LogP contribution >= 0.6 is 0 Å². The zero-order chi connectivity index (χ0) is 19.4. The van der Waals surface area contributed by atoms with Gasteiger partial charge in [0.2, 0.25) is 11.8 Å². The molecule has 3 rings (SSSR count). The average Bonchev–Trinajstić information content (AvgIpc) is 2.70. The lowest BCUT2D eigenvalue weighted by molar-refractivity contribution is -0.139. The van der Waals surface area contributed by atoms with Gasteiger partial charge in [-0.15, -0.1) is 0 Å². The smallest absolute Gasteiger partial charge is 0.254 e. The van der Waals surface area contributed by atoms with Crippen LogP contribution in [0.1, 0.15) is 16.8 Å². The normalized spacial score (nSPS) is 21.0. The average molecular weight is 374 g/mol. The topological polar surface area (TPSA) is 82.2 Å². The summed E-state index contributed by atoms with van der Waals surface area (Å²) in [7, 11) is 3.43. The molecule has 1 aromatic rings. The van der Waals surface area contributed by atoms with E-state index in [2.05, 4.69) is 5.32 Å². The van der Waals surface area contributed by atoms with Crippen molar-refractivity contribution < 1.29 is 19.1 Å². The van der Waals surface area contributed by atoms with Crippen LogP contribution in [-0.2, 0) is 9.59 Å². The Hall–Kier alpha value is -2.61. The zero-order valence-electron chi connectivity index (χ0n) is 15.8. The second-order valence-corrected chi connectivity index (χ2v) is 6.90. The maximum atomic E-state index is 12.7. The highest BCUT2D eigenvalue weighted by molar-refractivity contribution is 5.95. The summed E-state index contributed by atoms with van der Waals surface area (Å²) in [4.78, 5) is 42.6. The number of nitrogens with zero attached hydrogens (tertiary/aromatic N) is 3. The highest BCUT2D eigenvalue weighted by Gasteiger charge is 2.32. The quantitative estimate of drug-likeness (QED) is 0.789. The molecule has 3 amide bonds. The van der Waals surface area contributed by atoms with Crippen molar-refractivity contribution in [1.29, 1.82) is 0 Å². The Morgan fingerprint density at radius 3 is 2.52 bits per heavy atom. The molecule has 1 aromatic carbocycles. The third kappa shape index (κ3) is 4.39. The highest BCUT2D eigenvalue weighted by Crippen LogP contribution is 2.16. The molecular weight excluding hydrogens is 348 g/mol. The summed E-state index contributed by atoms with van der Waals surface area (Å²) >= 11 is 0. The van der Waals surface area contributed by atoms with Gasteiger partial charge < -0.3 is 19.9 Å². The molecule has 0 bridgehead atoms. The van der Waals surface area contributed by atoms with E-state index in [1.807, 2.05) is 11.9 Å². The second-order valence-electron chi connectivity index (χ2n) is 6.90. The molecule has 8 nitrogen and oxygen atoms in total. The van der Waals surface area contributed by atoms with Gasteiger partial charge in [0.05, 0.1) is 19.6 Å². The van der Waals surface area contributed by atoms with Gasteiger partial charge in [0, 0.05) is 44.8 Å². The maximum Gasteiger partial charge on any atom is 0.254 e. The molecule has 0 saturated carbocycles. The van der Waals surface area contributed by atoms with Gasteiger partial charge in [0.15, 0.2) is 0 Å². The third-order valence-corrected chi connectivity index (χ3v) is 5.20. The van der Waals surface area contributed by atoms with Gasteiger partial charge in [0.1, 0.15) is 5.75 Å². The molecule has 1 atom stereocenters. The van der Waals surface area contributed by atoms with Crippen molar-refractivity contribution in [2.45, 2.75) is 12.5 Å². The van der Waals surface area contributed by atoms with Crippen LogP contribution in [0.4, 0.5) is 0 Å². The molecule has 8 heteroatoms. The van der Waals surface area contributed by atoms with E-state index in [-0.39, 0.29) is 24.1 Å². The van der Waals surface area contributed by atoms with Gasteiger partial charge in [-0.05, 0) is 25.2 Å². The Bertz CT molecular complexity index is 715. The minimum Gasteiger partial charge on any atom is -0.497 e. The predicted molar refractivity (Wildman–Crippen MR) is 99.5 cm³/mol. The Balaban J connectivity index is 1.54. The molecule has 2 aliphatic heterocycles. The minimum atomic E-state index is -0.414. The third-order valence-electron chi connectivity index (χ3n) is 5.20. The van der Waals surface area contributed by atoms with E-state index in [0.29, 0.717) is 44.0 Å². The van der Waals surface area contributed by atoms with E-state index in [9.17, 15) is 14.4 Å². The molecule has 0 spiro atoms. The van der Waals surface area contributed by atoms with E-state index in [1.165, 1.54) is 0 Å². The number of piperazine rings is 2. The second kappa shape index (κ2) is 8.39. The first kappa shape index (κ1) is 19.2. The van der Waals surface area contributed by atoms with Gasteiger partial charge in [-0.3, -0.25) is 19.3 Å². The van der Waals surface area contributed by atoms with Crippen LogP contribution in [0.2, 0.25) is 0 Å². The van der Waals surface area contributed by atoms with Crippen LogP contribution in [0.15, 0.2) is 24.3 Å². The summed E-state index contributed by atoms with van der Waals surface area (Å²) in [6, 6.07) is 6.66. The van der Waals surface area contributed by atoms with Crippen LogP contribution in [0.25, 0.3) is 0 Å². The Morgan fingerprint density at radius 1 is 1.15 bits per heavy atom. The van der Waals surface area contributed by atoms with Crippen LogP contribution in [0, 0.1) is 0 Å². The van der Waals surface area contributed by atoms with Crippen LogP contribution < -0.4 is 10.1 Å². The fourth-order valence-electron chi connectivity index (χ4n) is 3.47. The fourth-order valence-corrected chi connectivity index (χ4v) is 3.47. The number of rotatable bonds is 4. The van der Waals surface area contributed by atoms with Crippen LogP contribution in [0.5, 0.6) is 5.75 Å². The largest absolute Gasteiger partial charge is 0.497 e. The zero-order valence-corrected chi connectivity index (χ0v) is 15.8. The molecule has 1 unspecified atom stereocenters. The van der Waals surface area contributed by atoms with Crippen molar-refractivity contribution in [3.8, 4) is 5.75 Å². The number of methoxy groups -OCH3 is 1. The highest BCUT2D eigenvalue weighted by atomic mass is 16.5. The van der Waals surface area contributed by atoms with Crippen molar-refractivity contribution in [1.82, 2.24) is 20.0 Å². The first-order valence-corrected chi connectivity index (χ1v) is 9.18. The standard InChI is InChI=1S/C19H26N4O4/c1-21-7-6-20-18(25)16(21)13-17(24)22-8-10-23(11-9-22)19(26)14-4-3-5-15(12-14)27-2/h3-5,12,16H,6-11,13H2,1-2H3,(H,20,25). The number of likely N-dealkylation sites (N-methyl/N-ethyl adjacent to an activating group) is 1. The number of nitrogens with one attached hydrogen (secondary N) is 1. The number of hydrogen-bond acceptors (Lipinski definition) is 5. The van der Waals surface area contributed by atoms with E-state index in [0.717, 1.165) is 6.54 Å². The summed E-state index contributed by atoms with van der Waals surface area (Å²) in [5, 5.41) is 2.81. The lowest BCUT2D eigenvalue weighted by Crippen LogP contribution is -2.56. The lowest BCUT2D eigenvalue weighted by atomic mass is 10.1. The molecule has 2 fully saturated rings. The number of carbonyl (C=O) groups excluding carboxylic acids is 3. The van der Waals surface area contributed by atoms with Gasteiger partial charge in [-0.25, -0.2) is 0 Å². The molecule has 2 saturated heterocycles. The number of amides is 3. The van der Waals surface area contributed by atoms with Gasteiger partial charge >= 0.3 is 0 Å². The Kier molecular flexibility index (Phi) is 5.95. The van der Waals surface area contributed by atoms with E-state index in [1.54, 1.807) is 41.2 Å². The molecule has 0 aromatic heterocycles. The van der Waals surface area contributed by atoms with Crippen LogP contribution in [-0.4, -0.2) is 91.9 Å². The summed E-state index contributed by atoms with van der Waals surface area (Å²) < 4.78 is 5.17. The number of carbonyl (C=O) groups is 3. The van der Waals surface area contributed by atoms with Crippen molar-refractivity contribution in [3.63, 3.8) is 0 Å². The number of benzene rings is 1. The Labute approximate surface area is 159 Å². The molecule has 0 radical (unpaired) electrons. The van der Waals surface area contributed by atoms with Gasteiger partial charge in [-0.2, -0.15) is 0 Å². The van der Waals surface area contributed by atoms with Crippen LogP contribution in [0.3, 0.4) is 0 Å². The van der Waals surface area contributed by atoms with Crippen molar-refractivity contribution in [2.75, 3.05) is 53.4 Å². The minimum absolute atomic E-state index is 0.0441. The monoisotopic (exact) mass is 374 g/mol. The van der Waals surface area contributed by atoms with E-state index < -0.39 is 6.04 Å². The molecule has 146 valence electrons. The SMILES string of the molecule is COc1cccc(C(=O)N2CCN(C(=O)CC3C(=O)NCCN3C)CC2)c1. The maximum absolute atomic E-state index is 12.7. The summed E-state index contributed by atoms with van der Waals surface area (Å²) in [5.74, 6) is 0.443.